The van der Waals surface area contributed by atoms with Crippen LogP contribution in [0.4, 0.5) is 0 Å². The highest BCUT2D eigenvalue weighted by Gasteiger charge is 2.77. The number of hydrogen-bond donors (Lipinski definition) is 0. The molecule has 1 aliphatic carbocycles. The van der Waals surface area contributed by atoms with Crippen LogP contribution in [0.2, 0.25) is 0 Å². The van der Waals surface area contributed by atoms with Gasteiger partial charge < -0.3 is 0 Å². The lowest BCUT2D eigenvalue weighted by atomic mass is 9.53. The molecule has 1 saturated carbocycles. The summed E-state index contributed by atoms with van der Waals surface area (Å²) in [4.78, 5) is 25.7. The predicted molar refractivity (Wildman–Crippen MR) is 77.6 cm³/mol. The van der Waals surface area contributed by atoms with E-state index in [2.05, 4.69) is 0 Å². The standard InChI is InChI=1S/C14H16O4S2/c1-7-5-9(15)11-13(3,19(7)17)12-10(16)6-8(2)20(18)14(11,12)4/h5-6,11-12H,1-4H3. The van der Waals surface area contributed by atoms with E-state index < -0.39 is 42.9 Å². The van der Waals surface area contributed by atoms with Gasteiger partial charge in [-0.1, -0.05) is 0 Å². The molecule has 0 aromatic heterocycles. The molecule has 3 rings (SSSR count). The SMILES string of the molecule is CC1=CC(=O)C2C(C)(C3C(=O)C=C(C)S(=O)C23C)S1=O. The van der Waals surface area contributed by atoms with Crippen molar-refractivity contribution >= 4 is 33.2 Å². The third-order valence-corrected chi connectivity index (χ3v) is 8.88. The topological polar surface area (TPSA) is 68.3 Å². The quantitative estimate of drug-likeness (QED) is 0.674. The van der Waals surface area contributed by atoms with Gasteiger partial charge in [-0.25, -0.2) is 0 Å². The first kappa shape index (κ1) is 14.1. The molecular formula is C14H16O4S2. The van der Waals surface area contributed by atoms with Crippen molar-refractivity contribution in [3.8, 4) is 0 Å². The Bertz CT molecular complexity index is 605. The molecule has 0 atom stereocenters. The Labute approximate surface area is 122 Å². The number of hydrogen-bond acceptors (Lipinski definition) is 4. The van der Waals surface area contributed by atoms with E-state index in [1.54, 1.807) is 27.7 Å². The minimum atomic E-state index is -1.39. The van der Waals surface area contributed by atoms with E-state index in [9.17, 15) is 18.0 Å². The van der Waals surface area contributed by atoms with Gasteiger partial charge in [0, 0.05) is 9.81 Å². The van der Waals surface area contributed by atoms with Gasteiger partial charge in [0.1, 0.15) is 0 Å². The van der Waals surface area contributed by atoms with Gasteiger partial charge >= 0.3 is 0 Å². The van der Waals surface area contributed by atoms with Crippen molar-refractivity contribution in [3.05, 3.63) is 22.0 Å². The Morgan fingerprint density at radius 2 is 1.15 bits per heavy atom. The van der Waals surface area contributed by atoms with Crippen LogP contribution in [0.1, 0.15) is 27.7 Å². The average molecular weight is 312 g/mol. The van der Waals surface area contributed by atoms with E-state index in [0.717, 1.165) is 0 Å². The molecule has 0 unspecified atom stereocenters. The second kappa shape index (κ2) is 3.85. The number of allylic oxidation sites excluding steroid dienone is 4. The molecule has 0 bridgehead atoms. The fraction of sp³-hybridized carbons (Fsp3) is 0.571. The lowest BCUT2D eigenvalue weighted by Gasteiger charge is -2.64. The number of rotatable bonds is 0. The van der Waals surface area contributed by atoms with Crippen LogP contribution in [0, 0.1) is 11.8 Å². The zero-order valence-corrected chi connectivity index (χ0v) is 13.4. The van der Waals surface area contributed by atoms with Crippen LogP contribution in [0.3, 0.4) is 0 Å². The Balaban J connectivity index is 2.26. The molecule has 2 aliphatic heterocycles. The van der Waals surface area contributed by atoms with Crippen LogP contribution in [-0.2, 0) is 31.2 Å². The van der Waals surface area contributed by atoms with E-state index in [0.29, 0.717) is 9.81 Å². The molecule has 0 aromatic rings. The van der Waals surface area contributed by atoms with E-state index in [1.165, 1.54) is 12.2 Å². The molecular weight excluding hydrogens is 296 g/mol. The van der Waals surface area contributed by atoms with Gasteiger partial charge in [-0.3, -0.25) is 18.0 Å². The summed E-state index contributed by atoms with van der Waals surface area (Å²) in [5, 5.41) is 0. The number of ketones is 2. The van der Waals surface area contributed by atoms with Crippen molar-refractivity contribution in [1.29, 1.82) is 0 Å². The monoisotopic (exact) mass is 312 g/mol. The molecule has 108 valence electrons. The number of fused-ring (bicyclic) bond motifs is 4. The summed E-state index contributed by atoms with van der Waals surface area (Å²) in [5.74, 6) is -1.53. The fourth-order valence-electron chi connectivity index (χ4n) is 4.30. The van der Waals surface area contributed by atoms with Gasteiger partial charge in [-0.15, -0.1) is 0 Å². The van der Waals surface area contributed by atoms with Crippen molar-refractivity contribution in [2.45, 2.75) is 37.2 Å². The molecule has 0 aromatic carbocycles. The highest BCUT2D eigenvalue weighted by Crippen LogP contribution is 2.63. The maximum Gasteiger partial charge on any atom is 0.162 e. The smallest absolute Gasteiger partial charge is 0.162 e. The first-order valence-corrected chi connectivity index (χ1v) is 8.74. The van der Waals surface area contributed by atoms with Crippen LogP contribution in [0.15, 0.2) is 22.0 Å². The highest BCUT2D eigenvalue weighted by molar-refractivity contribution is 7.92. The zero-order chi connectivity index (χ0) is 15.0. The van der Waals surface area contributed by atoms with Crippen LogP contribution >= 0.6 is 0 Å². The maximum atomic E-state index is 12.6. The maximum absolute atomic E-state index is 12.6. The van der Waals surface area contributed by atoms with Crippen LogP contribution in [0.25, 0.3) is 0 Å². The summed E-state index contributed by atoms with van der Waals surface area (Å²) in [6.07, 6.45) is 2.78. The van der Waals surface area contributed by atoms with Crippen molar-refractivity contribution < 1.29 is 18.0 Å². The summed E-state index contributed by atoms with van der Waals surface area (Å²) in [7, 11) is -2.79. The Morgan fingerprint density at radius 1 is 0.850 bits per heavy atom. The lowest BCUT2D eigenvalue weighted by Crippen LogP contribution is -2.79. The Kier molecular flexibility index (Phi) is 2.71. The summed E-state index contributed by atoms with van der Waals surface area (Å²) in [6.45, 7) is 6.74. The van der Waals surface area contributed by atoms with Crippen LogP contribution in [0.5, 0.6) is 0 Å². The summed E-state index contributed by atoms with van der Waals surface area (Å²) >= 11 is 0. The summed E-state index contributed by atoms with van der Waals surface area (Å²) in [5.41, 5.74) is 0. The number of carbonyl (C=O) groups is 2. The van der Waals surface area contributed by atoms with Gasteiger partial charge in [0.2, 0.25) is 0 Å². The second-order valence-corrected chi connectivity index (χ2v) is 10.2. The van der Waals surface area contributed by atoms with Crippen LogP contribution < -0.4 is 0 Å². The fourth-order valence-corrected chi connectivity index (χ4v) is 8.58. The Hall–Kier alpha value is -0.880. The highest BCUT2D eigenvalue weighted by atomic mass is 32.2. The second-order valence-electron chi connectivity index (χ2n) is 6.09. The Morgan fingerprint density at radius 3 is 1.45 bits per heavy atom. The molecule has 0 N–H and O–H groups in total. The molecule has 6 heteroatoms. The molecule has 0 radical (unpaired) electrons. The van der Waals surface area contributed by atoms with Crippen LogP contribution in [-0.4, -0.2) is 29.5 Å². The zero-order valence-electron chi connectivity index (χ0n) is 11.8. The van der Waals surface area contributed by atoms with Crippen molar-refractivity contribution in [1.82, 2.24) is 0 Å². The summed E-state index contributed by atoms with van der Waals surface area (Å²) in [6, 6.07) is 0. The molecule has 1 fully saturated rings. The summed E-state index contributed by atoms with van der Waals surface area (Å²) < 4.78 is 23.4. The van der Waals surface area contributed by atoms with Gasteiger partial charge in [-0.05, 0) is 39.8 Å². The molecule has 0 spiro atoms. The normalized spacial score (nSPS) is 50.6. The molecule has 0 saturated heterocycles. The van der Waals surface area contributed by atoms with Gasteiger partial charge in [0.05, 0.1) is 42.9 Å². The molecule has 0 amide bonds. The van der Waals surface area contributed by atoms with Gasteiger partial charge in [0.25, 0.3) is 0 Å². The van der Waals surface area contributed by atoms with E-state index in [1.807, 2.05) is 0 Å². The first-order valence-electron chi connectivity index (χ1n) is 6.44. The predicted octanol–water partition coefficient (Wildman–Crippen LogP) is 1.22. The third-order valence-electron chi connectivity index (χ3n) is 4.94. The van der Waals surface area contributed by atoms with E-state index in [4.69, 9.17) is 0 Å². The van der Waals surface area contributed by atoms with Gasteiger partial charge in [0.15, 0.2) is 11.6 Å². The lowest BCUT2D eigenvalue weighted by molar-refractivity contribution is -0.135. The van der Waals surface area contributed by atoms with E-state index in [-0.39, 0.29) is 11.6 Å². The molecule has 3 aliphatic rings. The average Bonchev–Trinajstić information content (AvgIpc) is 2.32. The van der Waals surface area contributed by atoms with Crippen molar-refractivity contribution in [3.63, 3.8) is 0 Å². The van der Waals surface area contributed by atoms with Gasteiger partial charge in [-0.2, -0.15) is 0 Å². The number of carbonyl (C=O) groups excluding carboxylic acids is 2. The largest absolute Gasteiger partial charge is 0.294 e. The first-order chi connectivity index (χ1) is 9.16. The molecule has 4 nitrogen and oxygen atoms in total. The molecule has 20 heavy (non-hydrogen) atoms. The van der Waals surface area contributed by atoms with Crippen molar-refractivity contribution in [2.24, 2.45) is 11.8 Å². The minimum Gasteiger partial charge on any atom is -0.294 e. The third kappa shape index (κ3) is 1.27. The van der Waals surface area contributed by atoms with E-state index >= 15 is 0 Å². The minimum absolute atomic E-state index is 0.154. The molecule has 2 heterocycles. The van der Waals surface area contributed by atoms with Crippen molar-refractivity contribution in [2.75, 3.05) is 0 Å².